The highest BCUT2D eigenvalue weighted by Crippen LogP contribution is 2.28. The molecule has 0 N–H and O–H groups in total. The number of hydrogen-bond donors (Lipinski definition) is 0. The second-order valence-corrected chi connectivity index (χ2v) is 5.39. The molecular formula is C16H24O4. The summed E-state index contributed by atoms with van der Waals surface area (Å²) in [7, 11) is 0. The van der Waals surface area contributed by atoms with Crippen molar-refractivity contribution in [1.82, 2.24) is 0 Å². The van der Waals surface area contributed by atoms with E-state index in [0.717, 1.165) is 25.7 Å². The second-order valence-electron chi connectivity index (χ2n) is 5.39. The van der Waals surface area contributed by atoms with E-state index < -0.39 is 11.9 Å². The van der Waals surface area contributed by atoms with Crippen molar-refractivity contribution >= 4 is 17.5 Å². The van der Waals surface area contributed by atoms with E-state index in [9.17, 15) is 14.4 Å². The lowest BCUT2D eigenvalue weighted by Crippen LogP contribution is -2.28. The maximum absolute atomic E-state index is 12.3. The Morgan fingerprint density at radius 2 is 1.80 bits per heavy atom. The van der Waals surface area contributed by atoms with Gasteiger partial charge in [-0.15, -0.1) is 0 Å². The molecule has 1 atom stereocenters. The molecule has 0 aromatic carbocycles. The van der Waals surface area contributed by atoms with E-state index in [0.29, 0.717) is 0 Å². The zero-order valence-corrected chi connectivity index (χ0v) is 12.4. The average Bonchev–Trinajstić information content (AvgIpc) is 2.44. The number of carbonyl (C=O) groups is 3. The minimum absolute atomic E-state index is 0.0282. The number of rotatable bonds is 7. The second kappa shape index (κ2) is 7.98. The lowest BCUT2D eigenvalue weighted by molar-refractivity contribution is -0.149. The summed E-state index contributed by atoms with van der Waals surface area (Å²) in [6.45, 7) is 6.95. The normalized spacial score (nSPS) is 17.3. The van der Waals surface area contributed by atoms with Gasteiger partial charge in [0.05, 0.1) is 12.5 Å². The number of Topliss-reactive ketones (excluding diaryl/α,β-unsaturated/α-hetero) is 2. The van der Waals surface area contributed by atoms with E-state index >= 15 is 0 Å². The Labute approximate surface area is 120 Å². The highest BCUT2D eigenvalue weighted by Gasteiger charge is 2.31. The Morgan fingerprint density at radius 3 is 2.30 bits per heavy atom. The van der Waals surface area contributed by atoms with Crippen LogP contribution in [0.5, 0.6) is 0 Å². The van der Waals surface area contributed by atoms with Gasteiger partial charge >= 0.3 is 5.97 Å². The van der Waals surface area contributed by atoms with Gasteiger partial charge in [0.25, 0.3) is 0 Å². The maximum Gasteiger partial charge on any atom is 0.313 e. The summed E-state index contributed by atoms with van der Waals surface area (Å²) in [6, 6.07) is 0. The highest BCUT2D eigenvalue weighted by molar-refractivity contribution is 6.00. The molecular weight excluding hydrogens is 256 g/mol. The van der Waals surface area contributed by atoms with Crippen LogP contribution in [0.4, 0.5) is 0 Å². The molecule has 0 aromatic heterocycles. The van der Waals surface area contributed by atoms with E-state index in [1.54, 1.807) is 6.92 Å². The van der Waals surface area contributed by atoms with E-state index in [4.69, 9.17) is 4.74 Å². The van der Waals surface area contributed by atoms with Crippen molar-refractivity contribution in [1.29, 1.82) is 0 Å². The van der Waals surface area contributed by atoms with Crippen LogP contribution < -0.4 is 0 Å². The molecule has 0 radical (unpaired) electrons. The van der Waals surface area contributed by atoms with Gasteiger partial charge in [-0.3, -0.25) is 14.4 Å². The van der Waals surface area contributed by atoms with Gasteiger partial charge in [0, 0.05) is 17.9 Å². The van der Waals surface area contributed by atoms with Crippen LogP contribution in [-0.2, 0) is 19.1 Å². The predicted octanol–water partition coefficient (Wildman–Crippen LogP) is 2.85. The summed E-state index contributed by atoms with van der Waals surface area (Å²) in [5, 5.41) is 0. The number of carbonyl (C=O) groups excluding carboxylic acids is 3. The third-order valence-electron chi connectivity index (χ3n) is 3.91. The summed E-state index contributed by atoms with van der Waals surface area (Å²) in [4.78, 5) is 35.6. The molecule has 0 spiro atoms. The van der Waals surface area contributed by atoms with Gasteiger partial charge in [0.1, 0.15) is 5.78 Å². The van der Waals surface area contributed by atoms with E-state index in [-0.39, 0.29) is 36.1 Å². The van der Waals surface area contributed by atoms with Crippen molar-refractivity contribution in [3.05, 3.63) is 12.2 Å². The Morgan fingerprint density at radius 1 is 1.20 bits per heavy atom. The zero-order chi connectivity index (χ0) is 15.1. The topological polar surface area (TPSA) is 60.4 Å². The smallest absolute Gasteiger partial charge is 0.313 e. The third-order valence-corrected chi connectivity index (χ3v) is 3.91. The summed E-state index contributed by atoms with van der Waals surface area (Å²) in [5.74, 6) is -1.51. The van der Waals surface area contributed by atoms with E-state index in [2.05, 4.69) is 6.58 Å². The zero-order valence-electron chi connectivity index (χ0n) is 12.4. The van der Waals surface area contributed by atoms with E-state index in [1.165, 1.54) is 13.3 Å². The first-order chi connectivity index (χ1) is 9.47. The largest absolute Gasteiger partial charge is 0.466 e. The standard InChI is InChI=1S/C16H24O4/c1-4-20-16(19)14(11(2)12(3)17)10-15(18)13-8-6-5-7-9-13/h13-14H,2,4-10H2,1,3H3/t14-/m1/s1. The van der Waals surface area contributed by atoms with Crippen LogP contribution >= 0.6 is 0 Å². The van der Waals surface area contributed by atoms with Crippen molar-refractivity contribution in [2.75, 3.05) is 6.61 Å². The molecule has 112 valence electrons. The molecule has 0 saturated heterocycles. The van der Waals surface area contributed by atoms with Gasteiger partial charge in [-0.1, -0.05) is 25.8 Å². The molecule has 1 aliphatic rings. The molecule has 20 heavy (non-hydrogen) atoms. The lowest BCUT2D eigenvalue weighted by Gasteiger charge is -2.23. The monoisotopic (exact) mass is 280 g/mol. The molecule has 1 saturated carbocycles. The fourth-order valence-corrected chi connectivity index (χ4v) is 2.63. The summed E-state index contributed by atoms with van der Waals surface area (Å²) < 4.78 is 4.96. The molecule has 4 nitrogen and oxygen atoms in total. The molecule has 0 heterocycles. The van der Waals surface area contributed by atoms with Crippen LogP contribution in [0.2, 0.25) is 0 Å². The van der Waals surface area contributed by atoms with Gasteiger partial charge in [0.2, 0.25) is 0 Å². The average molecular weight is 280 g/mol. The molecule has 1 aliphatic carbocycles. The molecule has 0 bridgehead atoms. The maximum atomic E-state index is 12.3. The van der Waals surface area contributed by atoms with Crippen LogP contribution in [0.1, 0.15) is 52.4 Å². The Kier molecular flexibility index (Phi) is 6.62. The fraction of sp³-hybridized carbons (Fsp3) is 0.688. The number of hydrogen-bond acceptors (Lipinski definition) is 4. The highest BCUT2D eigenvalue weighted by atomic mass is 16.5. The van der Waals surface area contributed by atoms with Gasteiger partial charge in [-0.05, 0) is 26.7 Å². The molecule has 1 rings (SSSR count). The van der Waals surface area contributed by atoms with Gasteiger partial charge in [-0.25, -0.2) is 0 Å². The van der Waals surface area contributed by atoms with Crippen molar-refractivity contribution in [2.45, 2.75) is 52.4 Å². The quantitative estimate of drug-likeness (QED) is 0.531. The van der Waals surface area contributed by atoms with Gasteiger partial charge < -0.3 is 4.74 Å². The van der Waals surface area contributed by atoms with Crippen molar-refractivity contribution in [3.8, 4) is 0 Å². The van der Waals surface area contributed by atoms with Gasteiger partial charge in [-0.2, -0.15) is 0 Å². The van der Waals surface area contributed by atoms with Crippen LogP contribution in [-0.4, -0.2) is 24.1 Å². The van der Waals surface area contributed by atoms with Crippen LogP contribution in [0.25, 0.3) is 0 Å². The number of esters is 1. The molecule has 0 amide bonds. The van der Waals surface area contributed by atoms with Crippen LogP contribution in [0.15, 0.2) is 12.2 Å². The Bertz CT molecular complexity index is 391. The lowest BCUT2D eigenvalue weighted by atomic mass is 9.81. The first kappa shape index (κ1) is 16.6. The number of ketones is 2. The molecule has 0 aliphatic heterocycles. The predicted molar refractivity (Wildman–Crippen MR) is 76.1 cm³/mol. The molecule has 4 heteroatoms. The SMILES string of the molecule is C=C(C(C)=O)[C@@H](CC(=O)C1CCCCC1)C(=O)OCC. The number of ether oxygens (including phenoxy) is 1. The molecule has 1 fully saturated rings. The van der Waals surface area contributed by atoms with Crippen molar-refractivity contribution < 1.29 is 19.1 Å². The summed E-state index contributed by atoms with van der Waals surface area (Å²) >= 11 is 0. The van der Waals surface area contributed by atoms with Crippen molar-refractivity contribution in [2.24, 2.45) is 11.8 Å². The van der Waals surface area contributed by atoms with Gasteiger partial charge in [0.15, 0.2) is 5.78 Å². The van der Waals surface area contributed by atoms with Crippen LogP contribution in [0.3, 0.4) is 0 Å². The van der Waals surface area contributed by atoms with Crippen molar-refractivity contribution in [3.63, 3.8) is 0 Å². The van der Waals surface area contributed by atoms with Crippen LogP contribution in [0, 0.1) is 11.8 Å². The minimum Gasteiger partial charge on any atom is -0.466 e. The Balaban J connectivity index is 2.72. The first-order valence-corrected chi connectivity index (χ1v) is 7.36. The third kappa shape index (κ3) is 4.58. The van der Waals surface area contributed by atoms with E-state index in [1.807, 2.05) is 0 Å². The summed E-state index contributed by atoms with van der Waals surface area (Å²) in [5.41, 5.74) is 0.174. The molecule has 0 aromatic rings. The summed E-state index contributed by atoms with van der Waals surface area (Å²) in [6.07, 6.45) is 5.12. The minimum atomic E-state index is -0.818. The molecule has 0 unspecified atom stereocenters. The Hall–Kier alpha value is -1.45. The first-order valence-electron chi connectivity index (χ1n) is 7.36. The fourth-order valence-electron chi connectivity index (χ4n) is 2.63.